The number of benzene rings is 4. The normalized spacial score (nSPS) is 11.0. The first-order valence-corrected chi connectivity index (χ1v) is 17.6. The zero-order chi connectivity index (χ0) is 31.8. The van der Waals surface area contributed by atoms with Crippen LogP contribution in [-0.2, 0) is 19.1 Å². The second kappa shape index (κ2) is 15.1. The Bertz CT molecular complexity index is 1990. The van der Waals surface area contributed by atoms with Gasteiger partial charge in [-0.2, -0.15) is 0 Å². The molecule has 2 heterocycles. The summed E-state index contributed by atoms with van der Waals surface area (Å²) < 4.78 is 47.8. The molecular formula is C29H26Cl4N4O4S2. The minimum atomic E-state index is -3.75. The Morgan fingerprint density at radius 1 is 0.651 bits per heavy atom. The molecule has 43 heavy (non-hydrogen) atoms. The van der Waals surface area contributed by atoms with Crippen molar-refractivity contribution in [1.82, 2.24) is 18.9 Å². The van der Waals surface area contributed by atoms with E-state index in [-0.39, 0.29) is 15.1 Å². The summed E-state index contributed by atoms with van der Waals surface area (Å²) in [6.07, 6.45) is 1.47. The lowest BCUT2D eigenvalue weighted by Crippen LogP contribution is -2.13. The lowest BCUT2D eigenvalue weighted by molar-refractivity contribution is 0.588. The van der Waals surface area contributed by atoms with Crippen molar-refractivity contribution in [3.05, 3.63) is 119 Å². The highest BCUT2D eigenvalue weighted by molar-refractivity contribution is 8.13. The third-order valence-electron chi connectivity index (χ3n) is 5.70. The number of halogens is 4. The third kappa shape index (κ3) is 8.95. The highest BCUT2D eigenvalue weighted by Crippen LogP contribution is 2.26. The van der Waals surface area contributed by atoms with Crippen LogP contribution in [-0.4, -0.2) is 42.1 Å². The molecule has 0 aliphatic rings. The van der Waals surface area contributed by atoms with E-state index in [0.29, 0.717) is 16.3 Å². The largest absolute Gasteiger partial charge is 0.329 e. The van der Waals surface area contributed by atoms with Crippen molar-refractivity contribution in [2.45, 2.75) is 23.6 Å². The minimum absolute atomic E-state index is 0.0632. The number of H-pyrrole nitrogens is 1. The van der Waals surface area contributed by atoms with Gasteiger partial charge in [-0.3, -0.25) is 0 Å². The van der Waals surface area contributed by atoms with Crippen LogP contribution in [0.4, 0.5) is 0 Å². The van der Waals surface area contributed by atoms with Crippen molar-refractivity contribution in [2.24, 2.45) is 0 Å². The molecule has 0 bridgehead atoms. The predicted octanol–water partition coefficient (Wildman–Crippen LogP) is 8.23. The van der Waals surface area contributed by atoms with Gasteiger partial charge in [0, 0.05) is 17.1 Å². The van der Waals surface area contributed by atoms with E-state index in [4.69, 9.17) is 33.9 Å². The molecule has 0 atom stereocenters. The molecule has 14 heteroatoms. The zero-order valence-electron chi connectivity index (χ0n) is 23.0. The summed E-state index contributed by atoms with van der Waals surface area (Å²) in [5.41, 5.74) is 4.91. The number of aromatic amines is 1. The van der Waals surface area contributed by atoms with E-state index in [2.05, 4.69) is 26.6 Å². The summed E-state index contributed by atoms with van der Waals surface area (Å²) in [6, 6.07) is 27.7. The lowest BCUT2D eigenvalue weighted by atomic mass is 10.2. The summed E-state index contributed by atoms with van der Waals surface area (Å²) >= 11 is 16.3. The van der Waals surface area contributed by atoms with Crippen LogP contribution in [0.2, 0.25) is 10.6 Å². The van der Waals surface area contributed by atoms with Crippen LogP contribution in [0.25, 0.3) is 22.1 Å². The van der Waals surface area contributed by atoms with Gasteiger partial charge >= 0.3 is 0 Å². The average molecular weight is 700 g/mol. The van der Waals surface area contributed by atoms with Crippen molar-refractivity contribution in [3.8, 4) is 0 Å². The number of nitrogens with zero attached hydrogens (tertiary/aromatic N) is 3. The molecule has 1 N–H and O–H groups in total. The van der Waals surface area contributed by atoms with E-state index >= 15 is 0 Å². The summed E-state index contributed by atoms with van der Waals surface area (Å²) in [5, 5.41) is 0.382. The zero-order valence-corrected chi connectivity index (χ0v) is 27.7. The second-order valence-corrected chi connectivity index (χ2v) is 13.8. The van der Waals surface area contributed by atoms with E-state index in [1.165, 1.54) is 18.5 Å². The Morgan fingerprint density at radius 2 is 1.14 bits per heavy atom. The van der Waals surface area contributed by atoms with Crippen LogP contribution in [0, 0.1) is 13.8 Å². The van der Waals surface area contributed by atoms with Crippen molar-refractivity contribution in [3.63, 3.8) is 0 Å². The van der Waals surface area contributed by atoms with Crippen LogP contribution in [0.1, 0.15) is 11.1 Å². The van der Waals surface area contributed by atoms with Gasteiger partial charge in [-0.15, -0.1) is 11.6 Å². The number of rotatable bonds is 3. The van der Waals surface area contributed by atoms with Crippen LogP contribution in [0.15, 0.2) is 107 Å². The lowest BCUT2D eigenvalue weighted by Gasteiger charge is -2.08. The van der Waals surface area contributed by atoms with Crippen LogP contribution < -0.4 is 0 Å². The summed E-state index contributed by atoms with van der Waals surface area (Å²) in [6.45, 7) is 3.78. The third-order valence-corrected chi connectivity index (χ3v) is 9.32. The summed E-state index contributed by atoms with van der Waals surface area (Å²) in [5.74, 6) is 0. The highest BCUT2D eigenvalue weighted by Gasteiger charge is 2.23. The maximum Gasteiger partial charge on any atom is 0.270 e. The number of para-hydroxylation sites is 4. The molecule has 8 nitrogen and oxygen atoms in total. The van der Waals surface area contributed by atoms with Gasteiger partial charge in [-0.1, -0.05) is 59.7 Å². The van der Waals surface area contributed by atoms with Gasteiger partial charge in [0.25, 0.3) is 19.1 Å². The van der Waals surface area contributed by atoms with Gasteiger partial charge in [0.1, 0.15) is 0 Å². The number of hydrogen-bond donors (Lipinski definition) is 1. The summed E-state index contributed by atoms with van der Waals surface area (Å²) in [7, 11) is -2.21. The summed E-state index contributed by atoms with van der Waals surface area (Å²) in [4.78, 5) is 11.3. The maximum absolute atomic E-state index is 12.7. The van der Waals surface area contributed by atoms with E-state index < -0.39 is 19.1 Å². The molecule has 0 unspecified atom stereocenters. The smallest absolute Gasteiger partial charge is 0.270 e. The van der Waals surface area contributed by atoms with Crippen molar-refractivity contribution in [2.75, 3.05) is 6.38 Å². The molecule has 0 aliphatic heterocycles. The number of hydrogen-bond acceptors (Lipinski definition) is 6. The van der Waals surface area contributed by atoms with Crippen LogP contribution in [0.3, 0.4) is 0 Å². The molecule has 6 aromatic rings. The van der Waals surface area contributed by atoms with Gasteiger partial charge in [0.2, 0.25) is 10.6 Å². The Morgan fingerprint density at radius 3 is 1.67 bits per heavy atom. The molecule has 0 fully saturated rings. The fourth-order valence-electron chi connectivity index (χ4n) is 3.64. The quantitative estimate of drug-likeness (QED) is 0.147. The number of aromatic nitrogens is 4. The molecule has 0 saturated carbocycles. The Kier molecular flexibility index (Phi) is 12.0. The number of aryl methyl sites for hydroxylation is 2. The number of fused-ring (bicyclic) bond motifs is 2. The highest BCUT2D eigenvalue weighted by atomic mass is 35.7. The second-order valence-electron chi connectivity index (χ2n) is 8.75. The molecular weight excluding hydrogens is 674 g/mol. The van der Waals surface area contributed by atoms with Crippen LogP contribution in [0.5, 0.6) is 0 Å². The number of nitrogens with one attached hydrogen (secondary N) is 1. The number of alkyl halides is 1. The molecule has 0 radical (unpaired) electrons. The monoisotopic (exact) mass is 698 g/mol. The van der Waals surface area contributed by atoms with E-state index in [1.54, 1.807) is 60.7 Å². The van der Waals surface area contributed by atoms with E-state index in [1.807, 2.05) is 38.1 Å². The number of imidazole rings is 2. The molecule has 226 valence electrons. The van der Waals surface area contributed by atoms with Gasteiger partial charge in [0.15, 0.2) is 0 Å². The Balaban J connectivity index is 0.000000187. The topological polar surface area (TPSA) is 115 Å². The van der Waals surface area contributed by atoms with E-state index in [9.17, 15) is 16.8 Å². The standard InChI is InChI=1S/C14H11ClN2O2S.C7H5ClN2.C7H7ClO2S.CH3Cl/c1-10-6-8-11(9-7-10)20(18,19)17-13-5-3-2-4-12(13)16-14(17)15;8-7-9-5-3-1-2-4-6(5)10-7;1-6-2-4-7(5-3-6)11(8,9)10;1-2/h2-9H,1H3;1-4H,(H,9,10);2-5H,1H3;1H3. The van der Waals surface area contributed by atoms with Crippen LogP contribution >= 0.6 is 45.5 Å². The fraction of sp³-hybridized carbons (Fsp3) is 0.103. The van der Waals surface area contributed by atoms with Crippen molar-refractivity contribution >= 4 is 86.6 Å². The molecule has 6 rings (SSSR count). The van der Waals surface area contributed by atoms with Gasteiger partial charge in [0.05, 0.1) is 31.9 Å². The average Bonchev–Trinajstić information content (AvgIpc) is 3.53. The molecule has 0 spiro atoms. The molecule has 4 aromatic carbocycles. The van der Waals surface area contributed by atoms with E-state index in [0.717, 1.165) is 26.1 Å². The van der Waals surface area contributed by atoms with Crippen molar-refractivity contribution < 1.29 is 16.8 Å². The first-order valence-electron chi connectivity index (χ1n) is 12.3. The maximum atomic E-state index is 12.7. The SMILES string of the molecule is CCl.Cc1ccc(S(=O)(=O)Cl)cc1.Cc1ccc(S(=O)(=O)n2c(Cl)nc3ccccc32)cc1.Clc1nc2ccccc2[nH]1. The fourth-order valence-corrected chi connectivity index (χ4v) is 6.40. The predicted molar refractivity (Wildman–Crippen MR) is 176 cm³/mol. The Hall–Kier alpha value is -3.12. The molecule has 2 aromatic heterocycles. The van der Waals surface area contributed by atoms with Crippen molar-refractivity contribution in [1.29, 1.82) is 0 Å². The molecule has 0 saturated heterocycles. The Labute approximate surface area is 269 Å². The first-order chi connectivity index (χ1) is 20.4. The van der Waals surface area contributed by atoms with Gasteiger partial charge in [-0.25, -0.2) is 30.8 Å². The molecule has 0 aliphatic carbocycles. The first kappa shape index (κ1) is 34.4. The minimum Gasteiger partial charge on any atom is -0.329 e. The molecule has 0 amide bonds. The van der Waals surface area contributed by atoms with Gasteiger partial charge in [-0.05, 0) is 85.6 Å². The van der Waals surface area contributed by atoms with Gasteiger partial charge < -0.3 is 4.98 Å².